The van der Waals surface area contributed by atoms with Crippen LogP contribution in [0.3, 0.4) is 0 Å². The Morgan fingerprint density at radius 3 is 2.53 bits per heavy atom. The molecule has 3 rings (SSSR count). The third kappa shape index (κ3) is 7.18. The molecule has 0 saturated carbocycles. The first kappa shape index (κ1) is 22.4. The monoisotopic (exact) mass is 416 g/mol. The fourth-order valence-electron chi connectivity index (χ4n) is 3.39. The fraction of sp³-hybridized carbons (Fsp3) is 0.478. The van der Waals surface area contributed by atoms with E-state index >= 15 is 0 Å². The van der Waals surface area contributed by atoms with Crippen LogP contribution in [0.15, 0.2) is 42.5 Å². The zero-order chi connectivity index (χ0) is 21.2. The number of nitrogens with zero attached hydrogens (tertiary/aromatic N) is 1. The zero-order valence-corrected chi connectivity index (χ0v) is 17.5. The molecule has 1 aliphatic rings. The number of methoxy groups -OCH3 is 1. The Labute approximate surface area is 178 Å². The third-order valence-corrected chi connectivity index (χ3v) is 5.09. The summed E-state index contributed by atoms with van der Waals surface area (Å²) in [5.74, 6) is 1.58. The SMILES string of the molecule is COc1cc(CNCCc2ccc(O)cc2)ccc1OCC(O)CN1CCOCC1. The molecule has 0 bridgehead atoms. The molecule has 0 radical (unpaired) electrons. The summed E-state index contributed by atoms with van der Waals surface area (Å²) in [7, 11) is 1.62. The molecule has 1 unspecified atom stereocenters. The van der Waals surface area contributed by atoms with E-state index in [2.05, 4.69) is 10.2 Å². The van der Waals surface area contributed by atoms with E-state index < -0.39 is 6.10 Å². The summed E-state index contributed by atoms with van der Waals surface area (Å²) in [6, 6.07) is 13.1. The molecule has 1 saturated heterocycles. The Morgan fingerprint density at radius 2 is 1.80 bits per heavy atom. The van der Waals surface area contributed by atoms with Crippen LogP contribution in [0, 0.1) is 0 Å². The van der Waals surface area contributed by atoms with Gasteiger partial charge < -0.3 is 29.7 Å². The molecule has 0 aromatic heterocycles. The molecule has 1 heterocycles. The first-order chi connectivity index (χ1) is 14.6. The second kappa shape index (κ2) is 11.8. The van der Waals surface area contributed by atoms with Crippen LogP contribution in [-0.4, -0.2) is 74.3 Å². The molecule has 0 aliphatic carbocycles. The van der Waals surface area contributed by atoms with Gasteiger partial charge in [-0.2, -0.15) is 0 Å². The number of nitrogens with one attached hydrogen (secondary N) is 1. The molecule has 30 heavy (non-hydrogen) atoms. The van der Waals surface area contributed by atoms with Crippen molar-refractivity contribution in [2.75, 3.05) is 53.1 Å². The van der Waals surface area contributed by atoms with Gasteiger partial charge in [-0.05, 0) is 48.4 Å². The number of phenolic OH excluding ortho intramolecular Hbond substituents is 1. The molecular weight excluding hydrogens is 384 g/mol. The summed E-state index contributed by atoms with van der Waals surface area (Å²) in [6.07, 6.45) is 0.327. The lowest BCUT2D eigenvalue weighted by Crippen LogP contribution is -2.42. The first-order valence-electron chi connectivity index (χ1n) is 10.4. The average molecular weight is 417 g/mol. The van der Waals surface area contributed by atoms with Crippen LogP contribution in [0.4, 0.5) is 0 Å². The molecule has 7 heteroatoms. The van der Waals surface area contributed by atoms with E-state index in [1.54, 1.807) is 19.2 Å². The van der Waals surface area contributed by atoms with Crippen LogP contribution in [0.5, 0.6) is 17.2 Å². The van der Waals surface area contributed by atoms with Gasteiger partial charge in [0.15, 0.2) is 11.5 Å². The van der Waals surface area contributed by atoms with Crippen molar-refractivity contribution in [1.82, 2.24) is 10.2 Å². The van der Waals surface area contributed by atoms with Crippen molar-refractivity contribution >= 4 is 0 Å². The molecule has 2 aromatic carbocycles. The molecule has 2 aromatic rings. The van der Waals surface area contributed by atoms with E-state index in [0.29, 0.717) is 37.8 Å². The van der Waals surface area contributed by atoms with Gasteiger partial charge in [0, 0.05) is 26.2 Å². The summed E-state index contributed by atoms with van der Waals surface area (Å²) in [6.45, 7) is 5.46. The quantitative estimate of drug-likeness (QED) is 0.482. The van der Waals surface area contributed by atoms with Crippen LogP contribution >= 0.6 is 0 Å². The van der Waals surface area contributed by atoms with E-state index in [4.69, 9.17) is 14.2 Å². The van der Waals surface area contributed by atoms with E-state index in [0.717, 1.165) is 31.6 Å². The minimum absolute atomic E-state index is 0.220. The number of rotatable bonds is 11. The van der Waals surface area contributed by atoms with Gasteiger partial charge in [-0.1, -0.05) is 18.2 Å². The number of hydrogen-bond acceptors (Lipinski definition) is 7. The first-order valence-corrected chi connectivity index (χ1v) is 10.4. The Bertz CT molecular complexity index is 763. The number of benzene rings is 2. The van der Waals surface area contributed by atoms with Gasteiger partial charge in [0.05, 0.1) is 20.3 Å². The van der Waals surface area contributed by atoms with Crippen molar-refractivity contribution in [3.05, 3.63) is 53.6 Å². The average Bonchev–Trinajstić information content (AvgIpc) is 2.77. The highest BCUT2D eigenvalue weighted by molar-refractivity contribution is 5.43. The number of aliphatic hydroxyl groups is 1. The summed E-state index contributed by atoms with van der Waals surface area (Å²) < 4.78 is 16.6. The molecule has 1 atom stereocenters. The minimum atomic E-state index is -0.561. The topological polar surface area (TPSA) is 83.4 Å². The Morgan fingerprint density at radius 1 is 1.07 bits per heavy atom. The zero-order valence-electron chi connectivity index (χ0n) is 17.5. The Balaban J connectivity index is 1.42. The number of phenols is 1. The van der Waals surface area contributed by atoms with Gasteiger partial charge in [0.1, 0.15) is 18.5 Å². The summed E-state index contributed by atoms with van der Waals surface area (Å²) >= 11 is 0. The smallest absolute Gasteiger partial charge is 0.161 e. The van der Waals surface area contributed by atoms with E-state index in [1.165, 1.54) is 5.56 Å². The number of morpholine rings is 1. The highest BCUT2D eigenvalue weighted by atomic mass is 16.5. The molecular formula is C23H32N2O5. The van der Waals surface area contributed by atoms with E-state index in [-0.39, 0.29) is 12.4 Å². The predicted octanol–water partition coefficient (Wildman–Crippen LogP) is 1.80. The van der Waals surface area contributed by atoms with Crippen LogP contribution in [0.1, 0.15) is 11.1 Å². The Hall–Kier alpha value is -2.32. The number of hydrogen-bond donors (Lipinski definition) is 3. The molecule has 164 valence electrons. The molecule has 7 nitrogen and oxygen atoms in total. The van der Waals surface area contributed by atoms with Crippen molar-refractivity contribution in [2.45, 2.75) is 19.1 Å². The third-order valence-electron chi connectivity index (χ3n) is 5.09. The maximum Gasteiger partial charge on any atom is 0.161 e. The lowest BCUT2D eigenvalue weighted by molar-refractivity contribution is 0.00445. The highest BCUT2D eigenvalue weighted by Crippen LogP contribution is 2.28. The van der Waals surface area contributed by atoms with Crippen LogP contribution in [-0.2, 0) is 17.7 Å². The second-order valence-electron chi connectivity index (χ2n) is 7.46. The molecule has 3 N–H and O–H groups in total. The lowest BCUT2D eigenvalue weighted by atomic mass is 10.1. The van der Waals surface area contributed by atoms with Gasteiger partial charge in [0.2, 0.25) is 0 Å². The number of β-amino-alcohol motifs (C(OH)–C–C–N with tert-alkyl or cyclic N) is 1. The highest BCUT2D eigenvalue weighted by Gasteiger charge is 2.16. The van der Waals surface area contributed by atoms with E-state index in [1.807, 2.05) is 30.3 Å². The van der Waals surface area contributed by atoms with Crippen molar-refractivity contribution in [1.29, 1.82) is 0 Å². The van der Waals surface area contributed by atoms with Crippen LogP contribution in [0.2, 0.25) is 0 Å². The van der Waals surface area contributed by atoms with Crippen molar-refractivity contribution in [3.63, 3.8) is 0 Å². The largest absolute Gasteiger partial charge is 0.508 e. The summed E-state index contributed by atoms with van der Waals surface area (Å²) in [5.41, 5.74) is 2.27. The number of aliphatic hydroxyl groups excluding tert-OH is 1. The van der Waals surface area contributed by atoms with Crippen LogP contribution in [0.25, 0.3) is 0 Å². The van der Waals surface area contributed by atoms with Crippen LogP contribution < -0.4 is 14.8 Å². The summed E-state index contributed by atoms with van der Waals surface area (Å²) in [5, 5.41) is 23.0. The van der Waals surface area contributed by atoms with Crippen molar-refractivity contribution < 1.29 is 24.4 Å². The van der Waals surface area contributed by atoms with Gasteiger partial charge >= 0.3 is 0 Å². The van der Waals surface area contributed by atoms with Gasteiger partial charge in [-0.3, -0.25) is 4.90 Å². The Kier molecular flexibility index (Phi) is 8.77. The predicted molar refractivity (Wildman–Crippen MR) is 115 cm³/mol. The molecule has 1 fully saturated rings. The van der Waals surface area contributed by atoms with E-state index in [9.17, 15) is 10.2 Å². The van der Waals surface area contributed by atoms with Crippen molar-refractivity contribution in [3.8, 4) is 17.2 Å². The number of ether oxygens (including phenoxy) is 3. The minimum Gasteiger partial charge on any atom is -0.508 e. The standard InChI is InChI=1S/C23H32N2O5/c1-28-23-14-19(15-24-9-8-18-2-5-20(26)6-3-18)4-7-22(23)30-17-21(27)16-25-10-12-29-13-11-25/h2-7,14,21,24,26-27H,8-13,15-17H2,1H3. The van der Waals surface area contributed by atoms with Crippen molar-refractivity contribution in [2.24, 2.45) is 0 Å². The number of aromatic hydroxyl groups is 1. The molecule has 0 spiro atoms. The second-order valence-corrected chi connectivity index (χ2v) is 7.46. The normalized spacial score (nSPS) is 15.7. The maximum absolute atomic E-state index is 10.3. The van der Waals surface area contributed by atoms with Gasteiger partial charge in [0.25, 0.3) is 0 Å². The van der Waals surface area contributed by atoms with Gasteiger partial charge in [-0.15, -0.1) is 0 Å². The lowest BCUT2D eigenvalue weighted by Gasteiger charge is -2.28. The summed E-state index contributed by atoms with van der Waals surface area (Å²) in [4.78, 5) is 2.18. The molecule has 1 aliphatic heterocycles. The van der Waals surface area contributed by atoms with Gasteiger partial charge in [-0.25, -0.2) is 0 Å². The molecule has 0 amide bonds. The maximum atomic E-state index is 10.3. The fourth-order valence-corrected chi connectivity index (χ4v) is 3.39.